The van der Waals surface area contributed by atoms with Crippen LogP contribution in [0.3, 0.4) is 0 Å². The van der Waals surface area contributed by atoms with Crippen LogP contribution in [0.2, 0.25) is 0 Å². The first kappa shape index (κ1) is 14.5. The van der Waals surface area contributed by atoms with Crippen molar-refractivity contribution in [3.05, 3.63) is 69.8 Å². The molecule has 0 aliphatic carbocycles. The first-order chi connectivity index (χ1) is 10.1. The van der Waals surface area contributed by atoms with Crippen molar-refractivity contribution in [1.82, 2.24) is 0 Å². The highest BCUT2D eigenvalue weighted by molar-refractivity contribution is 5.92. The van der Waals surface area contributed by atoms with Crippen LogP contribution in [-0.2, 0) is 11.3 Å². The Morgan fingerprint density at radius 2 is 1.81 bits per heavy atom. The number of nitrogens with zero attached hydrogens (tertiary/aromatic N) is 1. The molecule has 21 heavy (non-hydrogen) atoms. The summed E-state index contributed by atoms with van der Waals surface area (Å²) in [5, 5.41) is 10.6. The number of rotatable bonds is 5. The minimum absolute atomic E-state index is 0.0220. The number of carbonyl (C=O) groups is 1. The van der Waals surface area contributed by atoms with Crippen LogP contribution in [0.15, 0.2) is 48.5 Å². The summed E-state index contributed by atoms with van der Waals surface area (Å²) in [5.74, 6) is -0.0722. The maximum atomic E-state index is 11.6. The van der Waals surface area contributed by atoms with E-state index in [-0.39, 0.29) is 12.3 Å². The Kier molecular flexibility index (Phi) is 4.50. The molecule has 0 amide bonds. The lowest BCUT2D eigenvalue weighted by molar-refractivity contribution is -0.384. The molecule has 0 bridgehead atoms. The molecule has 0 unspecified atom stereocenters. The molecule has 2 rings (SSSR count). The third-order valence-electron chi connectivity index (χ3n) is 2.83. The summed E-state index contributed by atoms with van der Waals surface area (Å²) in [6.07, 6.45) is 0. The molecule has 6 nitrogen and oxygen atoms in total. The largest absolute Gasteiger partial charge is 0.488 e. The quantitative estimate of drug-likeness (QED) is 0.480. The summed E-state index contributed by atoms with van der Waals surface area (Å²) in [5.41, 5.74) is 1.12. The minimum atomic E-state index is -0.478. The Morgan fingerprint density at radius 1 is 1.14 bits per heavy atom. The zero-order chi connectivity index (χ0) is 15.2. The second-order valence-electron chi connectivity index (χ2n) is 4.20. The number of non-ortho nitro benzene ring substituents is 1. The number of hydrogen-bond acceptors (Lipinski definition) is 5. The molecule has 0 aliphatic rings. The van der Waals surface area contributed by atoms with E-state index in [2.05, 4.69) is 4.74 Å². The van der Waals surface area contributed by atoms with E-state index in [0.717, 1.165) is 5.56 Å². The normalized spacial score (nSPS) is 9.95. The van der Waals surface area contributed by atoms with E-state index >= 15 is 0 Å². The Hall–Kier alpha value is -2.89. The Bertz CT molecular complexity index is 651. The molecule has 0 saturated heterocycles. The fourth-order valence-electron chi connectivity index (χ4n) is 1.75. The number of para-hydroxylation sites is 1. The maximum Gasteiger partial charge on any atom is 0.341 e. The molecule has 0 saturated carbocycles. The first-order valence-electron chi connectivity index (χ1n) is 6.15. The molecule has 0 heterocycles. The SMILES string of the molecule is COC(=O)c1ccccc1OCc1ccc([N+](=O)[O-])cc1. The molecule has 6 heteroatoms. The lowest BCUT2D eigenvalue weighted by Crippen LogP contribution is -2.05. The van der Waals surface area contributed by atoms with Crippen molar-refractivity contribution in [3.8, 4) is 5.75 Å². The van der Waals surface area contributed by atoms with Crippen molar-refractivity contribution in [1.29, 1.82) is 0 Å². The highest BCUT2D eigenvalue weighted by Crippen LogP contribution is 2.20. The van der Waals surface area contributed by atoms with E-state index in [9.17, 15) is 14.9 Å². The molecule has 0 atom stereocenters. The van der Waals surface area contributed by atoms with Gasteiger partial charge in [0.05, 0.1) is 12.0 Å². The lowest BCUT2D eigenvalue weighted by Gasteiger charge is -2.10. The van der Waals surface area contributed by atoms with Crippen molar-refractivity contribution < 1.29 is 19.2 Å². The van der Waals surface area contributed by atoms with E-state index in [4.69, 9.17) is 4.74 Å². The number of carbonyl (C=O) groups excluding carboxylic acids is 1. The van der Waals surface area contributed by atoms with Crippen molar-refractivity contribution in [2.75, 3.05) is 7.11 Å². The molecule has 108 valence electrons. The Labute approximate surface area is 121 Å². The molecule has 0 N–H and O–H groups in total. The third kappa shape index (κ3) is 3.56. The second kappa shape index (κ2) is 6.51. The third-order valence-corrected chi connectivity index (χ3v) is 2.83. The molecule has 0 aliphatic heterocycles. The van der Waals surface area contributed by atoms with Gasteiger partial charge >= 0.3 is 5.97 Å². The van der Waals surface area contributed by atoms with Gasteiger partial charge in [-0.2, -0.15) is 0 Å². The number of nitro benzene ring substituents is 1. The van der Waals surface area contributed by atoms with Gasteiger partial charge in [0.1, 0.15) is 17.9 Å². The average molecular weight is 287 g/mol. The van der Waals surface area contributed by atoms with Crippen molar-refractivity contribution >= 4 is 11.7 Å². The van der Waals surface area contributed by atoms with Gasteiger partial charge in [-0.15, -0.1) is 0 Å². The van der Waals surface area contributed by atoms with Crippen LogP contribution in [0.25, 0.3) is 0 Å². The van der Waals surface area contributed by atoms with Gasteiger partial charge in [0.15, 0.2) is 0 Å². The monoisotopic (exact) mass is 287 g/mol. The smallest absolute Gasteiger partial charge is 0.341 e. The summed E-state index contributed by atoms with van der Waals surface area (Å²) in [7, 11) is 1.30. The number of methoxy groups -OCH3 is 1. The molecule has 0 fully saturated rings. The molecular weight excluding hydrogens is 274 g/mol. The molecule has 2 aromatic rings. The van der Waals surface area contributed by atoms with Crippen LogP contribution < -0.4 is 4.74 Å². The van der Waals surface area contributed by atoms with E-state index in [0.29, 0.717) is 11.3 Å². The zero-order valence-corrected chi connectivity index (χ0v) is 11.3. The van der Waals surface area contributed by atoms with Crippen LogP contribution in [0.5, 0.6) is 5.75 Å². The summed E-state index contributed by atoms with van der Waals surface area (Å²) < 4.78 is 10.3. The van der Waals surface area contributed by atoms with Crippen molar-refractivity contribution in [3.63, 3.8) is 0 Å². The summed E-state index contributed by atoms with van der Waals surface area (Å²) >= 11 is 0. The van der Waals surface area contributed by atoms with E-state index in [1.807, 2.05) is 0 Å². The highest BCUT2D eigenvalue weighted by Gasteiger charge is 2.12. The fraction of sp³-hybridized carbons (Fsp3) is 0.133. The number of ether oxygens (including phenoxy) is 2. The molecule has 0 radical (unpaired) electrons. The van der Waals surface area contributed by atoms with Crippen LogP contribution >= 0.6 is 0 Å². The molecule has 0 aromatic heterocycles. The first-order valence-corrected chi connectivity index (χ1v) is 6.15. The van der Waals surface area contributed by atoms with Gasteiger partial charge in [-0.1, -0.05) is 12.1 Å². The van der Waals surface area contributed by atoms with Crippen LogP contribution in [0.1, 0.15) is 15.9 Å². The van der Waals surface area contributed by atoms with Gasteiger partial charge in [-0.05, 0) is 29.8 Å². The number of esters is 1. The van der Waals surface area contributed by atoms with E-state index in [1.54, 1.807) is 36.4 Å². The van der Waals surface area contributed by atoms with Gasteiger partial charge in [0.25, 0.3) is 5.69 Å². The lowest BCUT2D eigenvalue weighted by atomic mass is 10.2. The number of hydrogen-bond donors (Lipinski definition) is 0. The minimum Gasteiger partial charge on any atom is -0.488 e. The van der Waals surface area contributed by atoms with Gasteiger partial charge in [-0.25, -0.2) is 4.79 Å². The van der Waals surface area contributed by atoms with Gasteiger partial charge in [-0.3, -0.25) is 10.1 Å². The van der Waals surface area contributed by atoms with Crippen LogP contribution in [-0.4, -0.2) is 18.0 Å². The maximum absolute atomic E-state index is 11.6. The topological polar surface area (TPSA) is 78.7 Å². The summed E-state index contributed by atoms with van der Waals surface area (Å²) in [6.45, 7) is 0.200. The standard InChI is InChI=1S/C15H13NO5/c1-20-15(17)13-4-2-3-5-14(13)21-10-11-6-8-12(9-7-11)16(18)19/h2-9H,10H2,1H3. The molecule has 0 spiro atoms. The summed E-state index contributed by atoms with van der Waals surface area (Å²) in [6, 6.07) is 12.8. The highest BCUT2D eigenvalue weighted by atomic mass is 16.6. The summed E-state index contributed by atoms with van der Waals surface area (Å²) in [4.78, 5) is 21.7. The average Bonchev–Trinajstić information content (AvgIpc) is 2.52. The van der Waals surface area contributed by atoms with Crippen LogP contribution in [0, 0.1) is 10.1 Å². The van der Waals surface area contributed by atoms with Gasteiger partial charge < -0.3 is 9.47 Å². The van der Waals surface area contributed by atoms with E-state index < -0.39 is 10.9 Å². The van der Waals surface area contributed by atoms with Crippen molar-refractivity contribution in [2.24, 2.45) is 0 Å². The molecule has 2 aromatic carbocycles. The molecular formula is C15H13NO5. The zero-order valence-electron chi connectivity index (χ0n) is 11.3. The predicted octanol–water partition coefficient (Wildman–Crippen LogP) is 2.96. The predicted molar refractivity (Wildman–Crippen MR) is 75.2 cm³/mol. The van der Waals surface area contributed by atoms with Gasteiger partial charge in [0.2, 0.25) is 0 Å². The van der Waals surface area contributed by atoms with Crippen molar-refractivity contribution in [2.45, 2.75) is 6.61 Å². The van der Waals surface area contributed by atoms with Gasteiger partial charge in [0, 0.05) is 12.1 Å². The second-order valence-corrected chi connectivity index (χ2v) is 4.20. The Balaban J connectivity index is 2.09. The van der Waals surface area contributed by atoms with Crippen LogP contribution in [0.4, 0.5) is 5.69 Å². The van der Waals surface area contributed by atoms with E-state index in [1.165, 1.54) is 19.2 Å². The fourth-order valence-corrected chi connectivity index (χ4v) is 1.75. The number of nitro groups is 1. The Morgan fingerprint density at radius 3 is 2.43 bits per heavy atom. The number of benzene rings is 2.